The Morgan fingerprint density at radius 1 is 1.21 bits per heavy atom. The van der Waals surface area contributed by atoms with Crippen LogP contribution in [-0.4, -0.2) is 25.2 Å². The zero-order valence-electron chi connectivity index (χ0n) is 15.2. The largest absolute Gasteiger partial charge is 0.417 e. The predicted molar refractivity (Wildman–Crippen MR) is 103 cm³/mol. The van der Waals surface area contributed by atoms with Gasteiger partial charge in [-0.15, -0.1) is 0 Å². The van der Waals surface area contributed by atoms with Gasteiger partial charge < -0.3 is 10.1 Å². The maximum atomic E-state index is 13.7. The smallest absolute Gasteiger partial charge is 0.389 e. The topological polar surface area (TPSA) is 104 Å². The SMILES string of the molecule is CC(O)c1cccc(-c2cc3c(=O)n(NS(C)=O)c(=O)[nH]c3cc2C(F)(F)F)c1. The summed E-state index contributed by atoms with van der Waals surface area (Å²) in [5, 5.41) is 9.54. The van der Waals surface area contributed by atoms with E-state index in [1.165, 1.54) is 31.4 Å². The number of hydrogen-bond donors (Lipinski definition) is 3. The number of nitrogens with one attached hydrogen (secondary N) is 2. The summed E-state index contributed by atoms with van der Waals surface area (Å²) in [6.45, 7) is 1.48. The molecule has 154 valence electrons. The van der Waals surface area contributed by atoms with Crippen LogP contribution in [0.25, 0.3) is 22.0 Å². The van der Waals surface area contributed by atoms with Gasteiger partial charge in [0.25, 0.3) is 5.56 Å². The van der Waals surface area contributed by atoms with Crippen molar-refractivity contribution in [3.05, 3.63) is 68.4 Å². The number of aromatic amines is 1. The molecule has 0 radical (unpaired) electrons. The maximum absolute atomic E-state index is 13.7. The van der Waals surface area contributed by atoms with Crippen molar-refractivity contribution in [3.8, 4) is 11.1 Å². The van der Waals surface area contributed by atoms with Crippen molar-refractivity contribution in [1.82, 2.24) is 9.66 Å². The van der Waals surface area contributed by atoms with E-state index in [0.717, 1.165) is 6.07 Å². The van der Waals surface area contributed by atoms with Crippen LogP contribution in [0.3, 0.4) is 0 Å². The molecule has 0 fully saturated rings. The molecule has 3 N–H and O–H groups in total. The van der Waals surface area contributed by atoms with Crippen LogP contribution in [0.4, 0.5) is 13.2 Å². The van der Waals surface area contributed by atoms with Crippen LogP contribution in [0, 0.1) is 0 Å². The zero-order chi connectivity index (χ0) is 21.5. The lowest BCUT2D eigenvalue weighted by molar-refractivity contribution is -0.137. The molecule has 0 saturated carbocycles. The molecule has 1 aromatic heterocycles. The minimum atomic E-state index is -4.76. The Labute approximate surface area is 164 Å². The Kier molecular flexibility index (Phi) is 5.37. The fourth-order valence-corrected chi connectivity index (χ4v) is 3.34. The van der Waals surface area contributed by atoms with Gasteiger partial charge in [0.15, 0.2) is 0 Å². The molecule has 2 unspecified atom stereocenters. The zero-order valence-corrected chi connectivity index (χ0v) is 16.0. The Morgan fingerprint density at radius 2 is 1.90 bits per heavy atom. The fourth-order valence-electron chi connectivity index (χ4n) is 2.91. The molecule has 0 aliphatic carbocycles. The monoisotopic (exact) mass is 427 g/mol. The Balaban J connectivity index is 2.39. The lowest BCUT2D eigenvalue weighted by Gasteiger charge is -2.16. The fraction of sp³-hybridized carbons (Fsp3) is 0.222. The number of aromatic nitrogens is 2. The summed E-state index contributed by atoms with van der Waals surface area (Å²) in [6, 6.07) is 7.59. The van der Waals surface area contributed by atoms with Crippen molar-refractivity contribution in [3.63, 3.8) is 0 Å². The molecule has 0 aliphatic heterocycles. The number of hydrogen-bond acceptors (Lipinski definition) is 4. The summed E-state index contributed by atoms with van der Waals surface area (Å²) in [4.78, 5) is 29.0. The average Bonchev–Trinajstić information content (AvgIpc) is 2.63. The van der Waals surface area contributed by atoms with Gasteiger partial charge in [-0.3, -0.25) is 4.79 Å². The third-order valence-corrected chi connectivity index (χ3v) is 4.68. The first-order chi connectivity index (χ1) is 13.5. The van der Waals surface area contributed by atoms with Crippen LogP contribution in [0.15, 0.2) is 46.0 Å². The molecule has 1 heterocycles. The second kappa shape index (κ2) is 7.48. The third-order valence-electron chi connectivity index (χ3n) is 4.24. The molecule has 0 aliphatic rings. The van der Waals surface area contributed by atoms with E-state index < -0.39 is 40.1 Å². The number of benzene rings is 2. The van der Waals surface area contributed by atoms with E-state index in [0.29, 0.717) is 16.3 Å². The highest BCUT2D eigenvalue weighted by Gasteiger charge is 2.34. The van der Waals surface area contributed by atoms with Gasteiger partial charge >= 0.3 is 11.9 Å². The molecule has 11 heteroatoms. The Morgan fingerprint density at radius 3 is 2.48 bits per heavy atom. The van der Waals surface area contributed by atoms with Gasteiger partial charge in [-0.05, 0) is 41.8 Å². The first-order valence-electron chi connectivity index (χ1n) is 8.28. The molecule has 2 aromatic carbocycles. The number of alkyl halides is 3. The summed E-state index contributed by atoms with van der Waals surface area (Å²) >= 11 is 0. The third kappa shape index (κ3) is 4.10. The lowest BCUT2D eigenvalue weighted by atomic mass is 9.95. The van der Waals surface area contributed by atoms with E-state index in [9.17, 15) is 32.1 Å². The van der Waals surface area contributed by atoms with E-state index in [1.807, 2.05) is 0 Å². The molecule has 7 nitrogen and oxygen atoms in total. The quantitative estimate of drug-likeness (QED) is 0.594. The lowest BCUT2D eigenvalue weighted by Crippen LogP contribution is -2.41. The van der Waals surface area contributed by atoms with Gasteiger partial charge in [0, 0.05) is 6.26 Å². The summed E-state index contributed by atoms with van der Waals surface area (Å²) in [5.74, 6) is 0. The molecule has 2 atom stereocenters. The second-order valence-electron chi connectivity index (χ2n) is 6.36. The minimum Gasteiger partial charge on any atom is -0.389 e. The van der Waals surface area contributed by atoms with Crippen LogP contribution in [0.5, 0.6) is 0 Å². The number of aliphatic hydroxyl groups is 1. The summed E-state index contributed by atoms with van der Waals surface area (Å²) in [5.41, 5.74) is -3.09. The average molecular weight is 427 g/mol. The first kappa shape index (κ1) is 20.8. The highest BCUT2D eigenvalue weighted by Crippen LogP contribution is 2.39. The minimum absolute atomic E-state index is 0.141. The number of aliphatic hydroxyl groups excluding tert-OH is 1. The van der Waals surface area contributed by atoms with Crippen molar-refractivity contribution in [2.75, 3.05) is 11.1 Å². The molecule has 0 spiro atoms. The van der Waals surface area contributed by atoms with Crippen molar-refractivity contribution in [2.45, 2.75) is 19.2 Å². The number of nitrogens with zero attached hydrogens (tertiary/aromatic N) is 1. The molecular formula is C18H16F3N3O4S. The van der Waals surface area contributed by atoms with E-state index in [2.05, 4.69) is 9.82 Å². The first-order valence-corrected chi connectivity index (χ1v) is 9.83. The Hall–Kier alpha value is -2.92. The molecule has 0 amide bonds. The normalized spacial score (nSPS) is 14.0. The van der Waals surface area contributed by atoms with Gasteiger partial charge in [-0.25, -0.2) is 13.8 Å². The van der Waals surface area contributed by atoms with Gasteiger partial charge in [0.05, 0.1) is 22.6 Å². The summed E-state index contributed by atoms with van der Waals surface area (Å²) in [6.07, 6.45) is -4.48. The van der Waals surface area contributed by atoms with Crippen LogP contribution in [-0.2, 0) is 17.2 Å². The van der Waals surface area contributed by atoms with Crippen molar-refractivity contribution in [1.29, 1.82) is 0 Å². The van der Waals surface area contributed by atoms with Crippen molar-refractivity contribution in [2.24, 2.45) is 0 Å². The standard InChI is InChI=1S/C18H16F3N3O4S/c1-9(25)10-4-3-5-11(6-10)12-7-13-15(8-14(12)18(19,20)21)22-17(27)24(16(13)26)23-29(2)28/h3-9,23,25H,1-2H3,(H,22,27). The van der Waals surface area contributed by atoms with E-state index in [-0.39, 0.29) is 22.0 Å². The van der Waals surface area contributed by atoms with Crippen LogP contribution >= 0.6 is 0 Å². The highest BCUT2D eigenvalue weighted by atomic mass is 32.2. The number of H-pyrrole nitrogens is 1. The Bertz CT molecular complexity index is 1230. The predicted octanol–water partition coefficient (Wildman–Crippen LogP) is 2.27. The highest BCUT2D eigenvalue weighted by molar-refractivity contribution is 7.85. The van der Waals surface area contributed by atoms with Gasteiger partial charge in [-0.2, -0.15) is 17.8 Å². The van der Waals surface area contributed by atoms with Gasteiger partial charge in [0.1, 0.15) is 11.0 Å². The van der Waals surface area contributed by atoms with Crippen molar-refractivity contribution < 1.29 is 22.5 Å². The van der Waals surface area contributed by atoms with E-state index in [4.69, 9.17) is 0 Å². The molecule has 29 heavy (non-hydrogen) atoms. The second-order valence-corrected chi connectivity index (χ2v) is 7.45. The van der Waals surface area contributed by atoms with Crippen LogP contribution in [0.1, 0.15) is 24.2 Å². The molecule has 0 saturated heterocycles. The molecular weight excluding hydrogens is 411 g/mol. The van der Waals surface area contributed by atoms with Crippen molar-refractivity contribution >= 4 is 21.9 Å². The van der Waals surface area contributed by atoms with E-state index >= 15 is 0 Å². The van der Waals surface area contributed by atoms with Crippen LogP contribution in [0.2, 0.25) is 0 Å². The number of fused-ring (bicyclic) bond motifs is 1. The summed E-state index contributed by atoms with van der Waals surface area (Å²) < 4.78 is 52.9. The van der Waals surface area contributed by atoms with Gasteiger partial charge in [-0.1, -0.05) is 18.2 Å². The number of halogens is 3. The molecule has 0 bridgehead atoms. The maximum Gasteiger partial charge on any atom is 0.417 e. The van der Waals surface area contributed by atoms with Crippen LogP contribution < -0.4 is 16.1 Å². The summed E-state index contributed by atoms with van der Waals surface area (Å²) in [7, 11) is -1.76. The molecule has 3 rings (SSSR count). The molecule has 3 aromatic rings. The van der Waals surface area contributed by atoms with Gasteiger partial charge in [0.2, 0.25) is 0 Å². The van der Waals surface area contributed by atoms with E-state index in [1.54, 1.807) is 6.07 Å². The number of rotatable bonds is 4.